The van der Waals surface area contributed by atoms with Gasteiger partial charge in [0.2, 0.25) is 0 Å². The summed E-state index contributed by atoms with van der Waals surface area (Å²) in [6.07, 6.45) is 1.15. The van der Waals surface area contributed by atoms with Crippen LogP contribution in [0.3, 0.4) is 0 Å². The summed E-state index contributed by atoms with van der Waals surface area (Å²) in [7, 11) is 0. The highest BCUT2D eigenvalue weighted by atomic mass is 79.9. The number of nitrogens with zero attached hydrogens (tertiary/aromatic N) is 1. The van der Waals surface area contributed by atoms with Crippen LogP contribution in [0.4, 0.5) is 4.39 Å². The summed E-state index contributed by atoms with van der Waals surface area (Å²) < 4.78 is 17.5. The van der Waals surface area contributed by atoms with Gasteiger partial charge in [0.05, 0.1) is 27.5 Å². The minimum absolute atomic E-state index is 0.328. The molecule has 0 bridgehead atoms. The van der Waals surface area contributed by atoms with Gasteiger partial charge in [-0.3, -0.25) is 4.72 Å². The Bertz CT molecular complexity index is 993. The van der Waals surface area contributed by atoms with E-state index in [0.717, 1.165) is 16.2 Å². The lowest BCUT2D eigenvalue weighted by Gasteiger charge is -2.28. The van der Waals surface area contributed by atoms with Crippen LogP contribution in [0.25, 0.3) is 22.6 Å². The molecule has 4 nitrogen and oxygen atoms in total. The van der Waals surface area contributed by atoms with Crippen LogP contribution in [0.2, 0.25) is 5.02 Å². The first-order chi connectivity index (χ1) is 13.2. The van der Waals surface area contributed by atoms with Crippen LogP contribution in [0.15, 0.2) is 52.0 Å². The Balaban J connectivity index is 1.85. The summed E-state index contributed by atoms with van der Waals surface area (Å²) in [5, 5.41) is 10.5. The maximum absolute atomic E-state index is 13.8. The lowest BCUT2D eigenvalue weighted by molar-refractivity contribution is 0.113. The van der Waals surface area contributed by atoms with E-state index in [1.165, 1.54) is 18.0 Å². The maximum atomic E-state index is 13.8. The quantitative estimate of drug-likeness (QED) is 0.372. The maximum Gasteiger partial charge on any atom is 0.138 e. The molecule has 1 heterocycles. The van der Waals surface area contributed by atoms with E-state index in [9.17, 15) is 9.50 Å². The molecule has 1 aromatic heterocycles. The molecule has 0 aliphatic carbocycles. The van der Waals surface area contributed by atoms with E-state index in [0.29, 0.717) is 20.9 Å². The van der Waals surface area contributed by atoms with Gasteiger partial charge >= 0.3 is 0 Å². The van der Waals surface area contributed by atoms with E-state index in [1.54, 1.807) is 25.3 Å². The van der Waals surface area contributed by atoms with Crippen LogP contribution < -0.4 is 4.72 Å². The third kappa shape index (κ3) is 4.78. The number of aliphatic hydroxyl groups is 1. The fourth-order valence-corrected chi connectivity index (χ4v) is 3.65. The summed E-state index contributed by atoms with van der Waals surface area (Å²) in [6, 6.07) is 10.5. The predicted octanol–water partition coefficient (Wildman–Crippen LogP) is 6.05. The van der Waals surface area contributed by atoms with Crippen molar-refractivity contribution in [3.63, 3.8) is 0 Å². The van der Waals surface area contributed by atoms with E-state index < -0.39 is 11.6 Å². The summed E-state index contributed by atoms with van der Waals surface area (Å²) in [6.45, 7) is 5.57. The number of rotatable bonds is 6. The molecular formula is C20H20BrClFN3OS. The minimum Gasteiger partial charge on any atom is -0.391 e. The van der Waals surface area contributed by atoms with E-state index in [2.05, 4.69) is 30.6 Å². The SMILES string of the molecule is CC(O)C(C)(C)NSc1cc(-c2ncc(-c3ccc(Br)c(F)c3)[nH]2)ccc1Cl. The molecule has 2 aromatic carbocycles. The van der Waals surface area contributed by atoms with Gasteiger partial charge in [-0.2, -0.15) is 0 Å². The van der Waals surface area contributed by atoms with Gasteiger partial charge in [-0.1, -0.05) is 17.7 Å². The Morgan fingerprint density at radius 1 is 1.25 bits per heavy atom. The molecule has 3 rings (SSSR count). The molecule has 1 unspecified atom stereocenters. The van der Waals surface area contributed by atoms with Crippen molar-refractivity contribution < 1.29 is 9.50 Å². The lowest BCUT2D eigenvalue weighted by atomic mass is 10.0. The van der Waals surface area contributed by atoms with Crippen molar-refractivity contribution >= 4 is 39.5 Å². The van der Waals surface area contributed by atoms with Gasteiger partial charge < -0.3 is 10.1 Å². The number of nitrogens with one attached hydrogen (secondary N) is 2. The average molecular weight is 485 g/mol. The first-order valence-corrected chi connectivity index (χ1v) is 10.6. The molecule has 1 atom stereocenters. The number of hydrogen-bond donors (Lipinski definition) is 3. The predicted molar refractivity (Wildman–Crippen MR) is 117 cm³/mol. The van der Waals surface area contributed by atoms with Crippen molar-refractivity contribution in [1.82, 2.24) is 14.7 Å². The highest BCUT2D eigenvalue weighted by Crippen LogP contribution is 2.32. The molecule has 0 aliphatic rings. The molecule has 0 saturated heterocycles. The van der Waals surface area contributed by atoms with Crippen LogP contribution in [-0.4, -0.2) is 26.7 Å². The molecule has 8 heteroatoms. The monoisotopic (exact) mass is 483 g/mol. The number of halogens is 3. The molecule has 0 amide bonds. The van der Waals surface area contributed by atoms with Crippen molar-refractivity contribution in [1.29, 1.82) is 0 Å². The molecule has 0 fully saturated rings. The van der Waals surface area contributed by atoms with Crippen LogP contribution in [0.5, 0.6) is 0 Å². The van der Waals surface area contributed by atoms with E-state index >= 15 is 0 Å². The van der Waals surface area contributed by atoms with E-state index in [4.69, 9.17) is 11.6 Å². The summed E-state index contributed by atoms with van der Waals surface area (Å²) in [4.78, 5) is 8.46. The van der Waals surface area contributed by atoms with E-state index in [-0.39, 0.29) is 5.82 Å². The number of benzene rings is 2. The molecule has 3 aromatic rings. The molecule has 28 heavy (non-hydrogen) atoms. The van der Waals surface area contributed by atoms with Crippen molar-refractivity contribution in [2.45, 2.75) is 37.3 Å². The molecule has 0 spiro atoms. The van der Waals surface area contributed by atoms with Gasteiger partial charge in [-0.25, -0.2) is 9.37 Å². The smallest absolute Gasteiger partial charge is 0.138 e. The second kappa shape index (κ2) is 8.55. The minimum atomic E-state index is -0.527. The average Bonchev–Trinajstić information content (AvgIpc) is 3.13. The van der Waals surface area contributed by atoms with Gasteiger partial charge in [0.15, 0.2) is 0 Å². The number of imidazole rings is 1. The van der Waals surface area contributed by atoms with Crippen molar-refractivity contribution in [3.8, 4) is 22.6 Å². The summed E-state index contributed by atoms with van der Waals surface area (Å²) >= 11 is 10.8. The number of aromatic amines is 1. The van der Waals surface area contributed by atoms with E-state index in [1.807, 2.05) is 32.0 Å². The van der Waals surface area contributed by atoms with Crippen molar-refractivity contribution in [2.75, 3.05) is 0 Å². The Labute approximate surface area is 181 Å². The van der Waals surface area contributed by atoms with Crippen LogP contribution >= 0.6 is 39.5 Å². The van der Waals surface area contributed by atoms with Crippen molar-refractivity contribution in [2.24, 2.45) is 0 Å². The summed E-state index contributed by atoms with van der Waals surface area (Å²) in [5.41, 5.74) is 1.81. The Morgan fingerprint density at radius 2 is 1.96 bits per heavy atom. The Morgan fingerprint density at radius 3 is 2.64 bits per heavy atom. The molecule has 0 saturated carbocycles. The Kier molecular flexibility index (Phi) is 6.51. The zero-order valence-corrected chi connectivity index (χ0v) is 18.7. The zero-order chi connectivity index (χ0) is 20.5. The normalized spacial score (nSPS) is 13.0. The fourth-order valence-electron chi connectivity index (χ4n) is 2.28. The lowest BCUT2D eigenvalue weighted by Crippen LogP contribution is -2.44. The standard InChI is InChI=1S/C20H20BrClFN3OS/c1-11(27)20(2,3)26-28-18-9-13(5-7-15(18)22)19-24-10-17(25-19)12-4-6-14(21)16(23)8-12/h4-11,26-27H,1-3H3,(H,24,25). The third-order valence-corrected chi connectivity index (χ3v) is 6.75. The highest BCUT2D eigenvalue weighted by molar-refractivity contribution is 9.10. The molecular weight excluding hydrogens is 465 g/mol. The highest BCUT2D eigenvalue weighted by Gasteiger charge is 2.24. The van der Waals surface area contributed by atoms with Gasteiger partial charge in [0, 0.05) is 21.6 Å². The van der Waals surface area contributed by atoms with Gasteiger partial charge in [-0.15, -0.1) is 0 Å². The van der Waals surface area contributed by atoms with Gasteiger partial charge in [-0.05, 0) is 79.0 Å². The van der Waals surface area contributed by atoms with Gasteiger partial charge in [0.1, 0.15) is 11.6 Å². The first kappa shape index (κ1) is 21.3. The third-order valence-electron chi connectivity index (χ3n) is 4.48. The molecule has 3 N–H and O–H groups in total. The van der Waals surface area contributed by atoms with Crippen molar-refractivity contribution in [3.05, 3.63) is 57.9 Å². The van der Waals surface area contributed by atoms with Crippen LogP contribution in [0, 0.1) is 5.82 Å². The largest absolute Gasteiger partial charge is 0.391 e. The van der Waals surface area contributed by atoms with Crippen LogP contribution in [0.1, 0.15) is 20.8 Å². The zero-order valence-electron chi connectivity index (χ0n) is 15.6. The number of aromatic nitrogens is 2. The van der Waals surface area contributed by atoms with Gasteiger partial charge in [0.25, 0.3) is 0 Å². The molecule has 0 radical (unpaired) electrons. The van der Waals surface area contributed by atoms with Crippen LogP contribution in [-0.2, 0) is 0 Å². The first-order valence-electron chi connectivity index (χ1n) is 8.60. The fraction of sp³-hybridized carbons (Fsp3) is 0.250. The number of aliphatic hydroxyl groups excluding tert-OH is 1. The number of H-pyrrole nitrogens is 1. The number of hydrogen-bond acceptors (Lipinski definition) is 4. The Hall–Kier alpha value is -1.38. The molecule has 148 valence electrons. The topological polar surface area (TPSA) is 60.9 Å². The second-order valence-corrected chi connectivity index (χ2v) is 9.13. The molecule has 0 aliphatic heterocycles. The second-order valence-electron chi connectivity index (χ2n) is 7.02. The summed E-state index contributed by atoms with van der Waals surface area (Å²) in [5.74, 6) is 0.331.